The highest BCUT2D eigenvalue weighted by atomic mass is 15.0. The summed E-state index contributed by atoms with van der Waals surface area (Å²) in [5.74, 6) is 0. The van der Waals surface area contributed by atoms with Gasteiger partial charge in [0.1, 0.15) is 11.6 Å². The minimum atomic E-state index is 0.580. The molecule has 9 aromatic carbocycles. The Balaban J connectivity index is 1.18. The number of aryl methyl sites for hydroxylation is 4. The van der Waals surface area contributed by atoms with Gasteiger partial charge in [0.15, 0.2) is 0 Å². The zero-order valence-corrected chi connectivity index (χ0v) is 38.4. The molecular weight excluding hydrogens is 825 g/mol. The Hall–Kier alpha value is -8.78. The number of aromatic nitrogens is 3. The van der Waals surface area contributed by atoms with Gasteiger partial charge >= 0.3 is 0 Å². The Morgan fingerprint density at radius 1 is 0.353 bits per heavy atom. The van der Waals surface area contributed by atoms with Gasteiger partial charge in [0, 0.05) is 32.7 Å². The van der Waals surface area contributed by atoms with Crippen molar-refractivity contribution < 1.29 is 0 Å². The van der Waals surface area contributed by atoms with Crippen LogP contribution in [-0.4, -0.2) is 14.1 Å². The van der Waals surface area contributed by atoms with Crippen LogP contribution >= 0.6 is 0 Å². The number of rotatable bonds is 7. The van der Waals surface area contributed by atoms with Crippen LogP contribution in [0, 0.1) is 39.0 Å². The summed E-state index contributed by atoms with van der Waals surface area (Å²) in [5, 5.41) is 16.3. The highest BCUT2D eigenvalue weighted by Crippen LogP contribution is 2.43. The number of nitrogens with zero attached hydrogens (tertiary/aromatic N) is 4. The van der Waals surface area contributed by atoms with Crippen LogP contribution in [0.5, 0.6) is 0 Å². The van der Waals surface area contributed by atoms with E-state index in [-0.39, 0.29) is 0 Å². The fourth-order valence-corrected chi connectivity index (χ4v) is 10.5. The summed E-state index contributed by atoms with van der Waals surface area (Å²) < 4.78 is 4.62. The van der Waals surface area contributed by atoms with Gasteiger partial charge in [-0.3, -0.25) is 0 Å². The van der Waals surface area contributed by atoms with Crippen molar-refractivity contribution in [3.05, 3.63) is 234 Å². The summed E-state index contributed by atoms with van der Waals surface area (Å²) >= 11 is 0. The van der Waals surface area contributed by atoms with Crippen molar-refractivity contribution in [2.45, 2.75) is 27.7 Å². The molecule has 0 amide bonds. The van der Waals surface area contributed by atoms with Gasteiger partial charge in [0.2, 0.25) is 0 Å². The average molecular weight is 871 g/mol. The molecule has 4 heteroatoms. The van der Waals surface area contributed by atoms with Gasteiger partial charge in [-0.25, -0.2) is 4.98 Å². The van der Waals surface area contributed by atoms with Crippen molar-refractivity contribution in [1.82, 2.24) is 14.1 Å². The van der Waals surface area contributed by atoms with Crippen LogP contribution in [-0.2, 0) is 0 Å². The Morgan fingerprint density at radius 2 is 0.765 bits per heavy atom. The molecule has 0 aliphatic heterocycles. The van der Waals surface area contributed by atoms with E-state index in [0.717, 1.165) is 99.8 Å². The lowest BCUT2D eigenvalue weighted by Crippen LogP contribution is -2.05. The van der Waals surface area contributed by atoms with Crippen molar-refractivity contribution >= 4 is 43.6 Å². The first kappa shape index (κ1) is 40.7. The van der Waals surface area contributed by atoms with E-state index < -0.39 is 0 Å². The van der Waals surface area contributed by atoms with Crippen molar-refractivity contribution in [2.75, 3.05) is 0 Å². The number of benzene rings is 9. The average Bonchev–Trinajstić information content (AvgIpc) is 3.88. The van der Waals surface area contributed by atoms with Crippen LogP contribution < -0.4 is 0 Å². The van der Waals surface area contributed by atoms with Crippen LogP contribution in [0.1, 0.15) is 27.8 Å². The fourth-order valence-electron chi connectivity index (χ4n) is 10.5. The van der Waals surface area contributed by atoms with Crippen molar-refractivity contribution in [1.29, 1.82) is 5.26 Å². The first-order valence-corrected chi connectivity index (χ1v) is 23.3. The van der Waals surface area contributed by atoms with Crippen LogP contribution in [0.4, 0.5) is 0 Å². The third-order valence-corrected chi connectivity index (χ3v) is 13.7. The molecule has 0 atom stereocenters. The lowest BCUT2D eigenvalue weighted by molar-refractivity contribution is 1.12. The van der Waals surface area contributed by atoms with E-state index in [1.54, 1.807) is 0 Å². The molecule has 0 N–H and O–H groups in total. The molecule has 3 aromatic heterocycles. The summed E-state index contributed by atoms with van der Waals surface area (Å²) in [6, 6.07) is 76.5. The molecule has 0 saturated carbocycles. The third kappa shape index (κ3) is 6.79. The molecule has 0 aliphatic carbocycles. The van der Waals surface area contributed by atoms with E-state index in [1.165, 1.54) is 33.4 Å². The predicted molar refractivity (Wildman–Crippen MR) is 284 cm³/mol. The van der Waals surface area contributed by atoms with Crippen LogP contribution in [0.15, 0.2) is 206 Å². The lowest BCUT2D eigenvalue weighted by atomic mass is 9.96. The lowest BCUT2D eigenvalue weighted by Gasteiger charge is -2.19. The molecule has 3 heterocycles. The number of fused-ring (bicyclic) bond motifs is 6. The van der Waals surface area contributed by atoms with Gasteiger partial charge in [-0.2, -0.15) is 5.26 Å². The van der Waals surface area contributed by atoms with E-state index in [0.29, 0.717) is 5.56 Å². The summed E-state index contributed by atoms with van der Waals surface area (Å²) in [7, 11) is 0. The van der Waals surface area contributed by atoms with E-state index in [2.05, 4.69) is 237 Å². The zero-order valence-electron chi connectivity index (χ0n) is 38.4. The fraction of sp³-hybridized carbons (Fsp3) is 0.0625. The molecule has 0 saturated heterocycles. The maximum absolute atomic E-state index is 11.7. The zero-order chi connectivity index (χ0) is 46.0. The predicted octanol–water partition coefficient (Wildman–Crippen LogP) is 16.7. The molecule has 68 heavy (non-hydrogen) atoms. The molecule has 4 nitrogen and oxygen atoms in total. The van der Waals surface area contributed by atoms with Crippen LogP contribution in [0.25, 0.3) is 111 Å². The van der Waals surface area contributed by atoms with Gasteiger partial charge in [-0.15, -0.1) is 0 Å². The van der Waals surface area contributed by atoms with Crippen LogP contribution in [0.3, 0.4) is 0 Å². The Labute approximate surface area is 396 Å². The minimum Gasteiger partial charge on any atom is -0.308 e. The third-order valence-electron chi connectivity index (χ3n) is 13.7. The number of hydrogen-bond acceptors (Lipinski definition) is 2. The number of hydrogen-bond donors (Lipinski definition) is 0. The van der Waals surface area contributed by atoms with Gasteiger partial charge < -0.3 is 9.13 Å². The minimum absolute atomic E-state index is 0.580. The summed E-state index contributed by atoms with van der Waals surface area (Å²) in [6.45, 7) is 8.66. The van der Waals surface area contributed by atoms with E-state index in [1.807, 2.05) is 12.1 Å². The second kappa shape index (κ2) is 16.3. The smallest absolute Gasteiger partial charge is 0.104 e. The van der Waals surface area contributed by atoms with Gasteiger partial charge in [0.25, 0.3) is 0 Å². The molecule has 0 aliphatic rings. The number of para-hydroxylation sites is 2. The van der Waals surface area contributed by atoms with Gasteiger partial charge in [-0.1, -0.05) is 157 Å². The van der Waals surface area contributed by atoms with E-state index >= 15 is 0 Å². The van der Waals surface area contributed by atoms with Gasteiger partial charge in [0.05, 0.1) is 44.8 Å². The molecule has 322 valence electrons. The van der Waals surface area contributed by atoms with E-state index in [9.17, 15) is 5.26 Å². The first-order valence-electron chi connectivity index (χ1n) is 23.3. The Morgan fingerprint density at radius 3 is 1.21 bits per heavy atom. The maximum atomic E-state index is 11.7. The van der Waals surface area contributed by atoms with Crippen LogP contribution in [0.2, 0.25) is 0 Å². The first-order chi connectivity index (χ1) is 33.3. The highest BCUT2D eigenvalue weighted by molar-refractivity contribution is 6.12. The standard InChI is InChI=1S/C64H46N4/c1-40-23-27-50(42(3)31-40)46-25-29-61-54(33-46)52-19-11-13-21-59(52)67(61)63-37-49(48-35-57(44-15-7-5-8-16-44)66-58(36-48)45-17-9-6-10-18-45)38-64(56(63)39-65)68-60-22-14-12-20-53(60)55-34-47(26-30-62(55)68)51-28-24-41(2)32-43(51)4/h5-38H,1-4H3. The maximum Gasteiger partial charge on any atom is 0.104 e. The summed E-state index contributed by atoms with van der Waals surface area (Å²) in [5.41, 5.74) is 21.8. The van der Waals surface area contributed by atoms with Crippen molar-refractivity contribution in [3.8, 4) is 73.3 Å². The molecule has 0 unspecified atom stereocenters. The second-order valence-corrected chi connectivity index (χ2v) is 18.2. The highest BCUT2D eigenvalue weighted by Gasteiger charge is 2.24. The van der Waals surface area contributed by atoms with Crippen molar-refractivity contribution in [2.24, 2.45) is 0 Å². The Kier molecular flexibility index (Phi) is 9.74. The largest absolute Gasteiger partial charge is 0.308 e. The van der Waals surface area contributed by atoms with E-state index in [4.69, 9.17) is 4.98 Å². The number of nitriles is 1. The monoisotopic (exact) mass is 870 g/mol. The second-order valence-electron chi connectivity index (χ2n) is 18.2. The molecular formula is C64H46N4. The summed E-state index contributed by atoms with van der Waals surface area (Å²) in [4.78, 5) is 5.27. The molecule has 0 bridgehead atoms. The molecule has 0 spiro atoms. The topological polar surface area (TPSA) is 46.5 Å². The molecule has 0 radical (unpaired) electrons. The molecule has 12 aromatic rings. The van der Waals surface area contributed by atoms with Crippen molar-refractivity contribution in [3.63, 3.8) is 0 Å². The Bertz CT molecular complexity index is 3770. The van der Waals surface area contributed by atoms with Gasteiger partial charge in [-0.05, 0) is 133 Å². The normalized spacial score (nSPS) is 11.5. The SMILES string of the molecule is Cc1ccc(-c2ccc3c(c2)c2ccccc2n3-c2cc(-c3cc(-c4ccccc4)nc(-c4ccccc4)c3)cc(-n3c4ccccc4c4cc(-c5ccc(C)cc5C)ccc43)c2C#N)c(C)c1. The number of pyridine rings is 1. The molecule has 12 rings (SSSR count). The quantitative estimate of drug-likeness (QED) is 0.160. The summed E-state index contributed by atoms with van der Waals surface area (Å²) in [6.07, 6.45) is 0. The molecule has 0 fully saturated rings.